The molecule has 1 unspecified atom stereocenters. The van der Waals surface area contributed by atoms with Crippen molar-refractivity contribution in [3.05, 3.63) is 59.7 Å². The van der Waals surface area contributed by atoms with Crippen molar-refractivity contribution >= 4 is 23.2 Å². The number of piperazine rings is 1. The summed E-state index contributed by atoms with van der Waals surface area (Å²) in [5.74, 6) is 0.397. The van der Waals surface area contributed by atoms with E-state index >= 15 is 0 Å². The Hall–Kier alpha value is -2.90. The molecule has 2 aliphatic heterocycles. The Kier molecular flexibility index (Phi) is 6.24. The first-order valence-electron chi connectivity index (χ1n) is 14.0. The Morgan fingerprint density at radius 2 is 1.49 bits per heavy atom. The molecule has 7 heteroatoms. The molecule has 2 aromatic carbocycles. The molecule has 6 rings (SSSR count). The van der Waals surface area contributed by atoms with Crippen LogP contribution in [0.15, 0.2) is 48.5 Å². The molecule has 0 radical (unpaired) electrons. The van der Waals surface area contributed by atoms with Crippen molar-refractivity contribution < 1.29 is 14.7 Å². The van der Waals surface area contributed by atoms with E-state index in [0.717, 1.165) is 5.69 Å². The lowest BCUT2D eigenvalue weighted by Gasteiger charge is -2.36. The van der Waals surface area contributed by atoms with Crippen LogP contribution in [0.25, 0.3) is 0 Å². The highest BCUT2D eigenvalue weighted by Crippen LogP contribution is 2.48. The summed E-state index contributed by atoms with van der Waals surface area (Å²) >= 11 is 0. The zero-order valence-electron chi connectivity index (χ0n) is 21.8. The lowest BCUT2D eigenvalue weighted by Crippen LogP contribution is -2.53. The Balaban J connectivity index is 1.15. The van der Waals surface area contributed by atoms with E-state index in [-0.39, 0.29) is 17.4 Å². The monoisotopic (exact) mass is 502 g/mol. The largest absolute Gasteiger partial charge is 0.380 e. The van der Waals surface area contributed by atoms with E-state index in [1.165, 1.54) is 49.8 Å². The summed E-state index contributed by atoms with van der Waals surface area (Å²) in [6.45, 7) is 4.27. The highest BCUT2D eigenvalue weighted by atomic mass is 16.3. The van der Waals surface area contributed by atoms with Gasteiger partial charge in [-0.05, 0) is 74.4 Å². The van der Waals surface area contributed by atoms with Crippen LogP contribution in [0.3, 0.4) is 0 Å². The van der Waals surface area contributed by atoms with Crippen LogP contribution in [-0.2, 0) is 10.3 Å². The van der Waals surface area contributed by atoms with Gasteiger partial charge in [0.05, 0.1) is 16.9 Å². The maximum absolute atomic E-state index is 13.2. The second-order valence-electron chi connectivity index (χ2n) is 11.5. The van der Waals surface area contributed by atoms with Crippen molar-refractivity contribution in [3.8, 4) is 0 Å². The van der Waals surface area contributed by atoms with Gasteiger partial charge in [0.25, 0.3) is 11.8 Å². The number of carbonyl (C=O) groups is 2. The quantitative estimate of drug-likeness (QED) is 0.609. The van der Waals surface area contributed by atoms with E-state index in [0.29, 0.717) is 50.5 Å². The molecule has 2 aliphatic carbocycles. The summed E-state index contributed by atoms with van der Waals surface area (Å²) < 4.78 is 0. The van der Waals surface area contributed by atoms with Crippen LogP contribution in [0.2, 0.25) is 0 Å². The number of hydrogen-bond donors (Lipinski definition) is 2. The normalized spacial score (nSPS) is 25.5. The predicted octanol–water partition coefficient (Wildman–Crippen LogP) is 4.34. The number of fused-ring (bicyclic) bond motifs is 1. The molecule has 1 atom stereocenters. The number of nitrogens with zero attached hydrogens (tertiary/aromatic N) is 3. The van der Waals surface area contributed by atoms with Gasteiger partial charge in [-0.1, -0.05) is 43.9 Å². The average molecular weight is 503 g/mol. The van der Waals surface area contributed by atoms with Crippen molar-refractivity contribution in [2.24, 2.45) is 5.92 Å². The Morgan fingerprint density at radius 3 is 2.14 bits per heavy atom. The van der Waals surface area contributed by atoms with Crippen molar-refractivity contribution in [2.45, 2.75) is 69.4 Å². The molecule has 7 nitrogen and oxygen atoms in total. The topological polar surface area (TPSA) is 76.1 Å². The number of aliphatic hydroxyl groups is 1. The zero-order valence-corrected chi connectivity index (χ0v) is 21.8. The van der Waals surface area contributed by atoms with Crippen LogP contribution in [0.1, 0.15) is 74.2 Å². The Bertz CT molecular complexity index is 1160. The van der Waals surface area contributed by atoms with E-state index in [2.05, 4.69) is 41.6 Å². The molecule has 2 aromatic rings. The number of para-hydroxylation sites is 1. The highest BCUT2D eigenvalue weighted by molar-refractivity contribution is 5.95. The highest BCUT2D eigenvalue weighted by Gasteiger charge is 2.50. The third-order valence-corrected chi connectivity index (χ3v) is 9.07. The van der Waals surface area contributed by atoms with E-state index in [9.17, 15) is 14.7 Å². The summed E-state index contributed by atoms with van der Waals surface area (Å²) in [6.07, 6.45) is 8.85. The third kappa shape index (κ3) is 4.42. The number of benzene rings is 2. The predicted molar refractivity (Wildman–Crippen MR) is 143 cm³/mol. The molecule has 2 N–H and O–H groups in total. The summed E-state index contributed by atoms with van der Waals surface area (Å²) in [7, 11) is 0. The maximum atomic E-state index is 13.2. The molecule has 37 heavy (non-hydrogen) atoms. The molecule has 2 heterocycles. The summed E-state index contributed by atoms with van der Waals surface area (Å²) in [5, 5.41) is 12.3. The third-order valence-electron chi connectivity index (χ3n) is 9.07. The summed E-state index contributed by atoms with van der Waals surface area (Å²) in [5.41, 5.74) is 6.84. The number of carbonyl (C=O) groups excluding carboxylic acids is 2. The molecule has 3 fully saturated rings. The number of rotatable bonds is 4. The Labute approximate surface area is 219 Å². The number of amides is 2. The van der Waals surface area contributed by atoms with E-state index in [1.807, 2.05) is 29.2 Å². The van der Waals surface area contributed by atoms with E-state index < -0.39 is 5.60 Å². The van der Waals surface area contributed by atoms with Gasteiger partial charge in [-0.2, -0.15) is 0 Å². The average Bonchev–Trinajstić information content (AvgIpc) is 3.69. The number of hydrogen-bond acceptors (Lipinski definition) is 5. The van der Waals surface area contributed by atoms with Gasteiger partial charge in [0.2, 0.25) is 0 Å². The van der Waals surface area contributed by atoms with Gasteiger partial charge in [0.1, 0.15) is 5.60 Å². The molecular weight excluding hydrogens is 464 g/mol. The summed E-state index contributed by atoms with van der Waals surface area (Å²) in [4.78, 5) is 29.1. The fraction of sp³-hybridized carbons (Fsp3) is 0.533. The van der Waals surface area contributed by atoms with Crippen LogP contribution >= 0.6 is 0 Å². The second kappa shape index (κ2) is 9.44. The molecule has 1 saturated heterocycles. The van der Waals surface area contributed by atoms with Crippen molar-refractivity contribution in [1.29, 1.82) is 0 Å². The van der Waals surface area contributed by atoms with Crippen LogP contribution < -0.4 is 10.4 Å². The first kappa shape index (κ1) is 24.4. The Morgan fingerprint density at radius 1 is 0.865 bits per heavy atom. The molecule has 196 valence electrons. The van der Waals surface area contributed by atoms with Crippen molar-refractivity contribution in [3.63, 3.8) is 0 Å². The maximum Gasteiger partial charge on any atom is 0.254 e. The first-order chi connectivity index (χ1) is 17.9. The van der Waals surface area contributed by atoms with Crippen LogP contribution in [-0.4, -0.2) is 58.5 Å². The first-order valence-corrected chi connectivity index (χ1v) is 14.0. The van der Waals surface area contributed by atoms with Gasteiger partial charge >= 0.3 is 0 Å². The van der Waals surface area contributed by atoms with Gasteiger partial charge in [0.15, 0.2) is 0 Å². The minimum atomic E-state index is -1.14. The molecule has 0 aromatic heterocycles. The van der Waals surface area contributed by atoms with E-state index in [1.54, 1.807) is 4.90 Å². The van der Waals surface area contributed by atoms with Gasteiger partial charge in [-0.3, -0.25) is 14.6 Å². The SMILES string of the molecule is CC1(C2CCCCCC2)NN(c2ccc(C(=O)N3CCN(C(=O)C4(O)CC4)CC3)cc2)c2ccccc21. The molecule has 0 spiro atoms. The lowest BCUT2D eigenvalue weighted by molar-refractivity contribution is -0.143. The zero-order chi connectivity index (χ0) is 25.6. The fourth-order valence-corrected chi connectivity index (χ4v) is 6.51. The lowest BCUT2D eigenvalue weighted by atomic mass is 9.76. The second-order valence-corrected chi connectivity index (χ2v) is 11.5. The smallest absolute Gasteiger partial charge is 0.254 e. The van der Waals surface area contributed by atoms with Crippen LogP contribution in [0.4, 0.5) is 11.4 Å². The van der Waals surface area contributed by atoms with Gasteiger partial charge < -0.3 is 14.9 Å². The standard InChI is InChI=1S/C30H38N4O3/c1-29(23-8-4-2-3-5-9-23)25-10-6-7-11-26(25)34(31-29)24-14-12-22(13-15-24)27(35)32-18-20-33(21-19-32)28(36)30(37)16-17-30/h6-7,10-15,23,31,37H,2-5,8-9,16-21H2,1H3. The molecule has 2 amide bonds. The minimum Gasteiger partial charge on any atom is -0.380 e. The van der Waals surface area contributed by atoms with Gasteiger partial charge in [-0.15, -0.1) is 0 Å². The summed E-state index contributed by atoms with van der Waals surface area (Å²) in [6, 6.07) is 16.5. The van der Waals surface area contributed by atoms with Crippen LogP contribution in [0, 0.1) is 5.92 Å². The molecule has 2 saturated carbocycles. The number of hydrazine groups is 1. The van der Waals surface area contributed by atoms with Gasteiger partial charge in [0, 0.05) is 31.7 Å². The van der Waals surface area contributed by atoms with E-state index in [4.69, 9.17) is 0 Å². The minimum absolute atomic E-state index is 0.0122. The van der Waals surface area contributed by atoms with Crippen molar-refractivity contribution in [2.75, 3.05) is 31.2 Å². The molecule has 4 aliphatic rings. The molecular formula is C30H38N4O3. The van der Waals surface area contributed by atoms with Crippen LogP contribution in [0.5, 0.6) is 0 Å². The fourth-order valence-electron chi connectivity index (χ4n) is 6.51. The number of nitrogens with one attached hydrogen (secondary N) is 1. The molecule has 0 bridgehead atoms. The van der Waals surface area contributed by atoms with Crippen molar-refractivity contribution in [1.82, 2.24) is 15.2 Å². The number of anilines is 2. The van der Waals surface area contributed by atoms with Gasteiger partial charge in [-0.25, -0.2) is 5.43 Å².